The van der Waals surface area contributed by atoms with Crippen LogP contribution in [0.1, 0.15) is 22.6 Å². The first-order valence-electron chi connectivity index (χ1n) is 5.20. The van der Waals surface area contributed by atoms with Crippen LogP contribution in [-0.2, 0) is 19.2 Å². The zero-order valence-corrected chi connectivity index (χ0v) is 9.24. The van der Waals surface area contributed by atoms with Crippen LogP contribution in [-0.4, -0.2) is 10.3 Å². The lowest BCUT2D eigenvalue weighted by Gasteiger charge is -2.06. The second-order valence-electron chi connectivity index (χ2n) is 3.81. The molecule has 2 aromatic rings. The molecular formula is C12H10F3NO2. The molecule has 0 atom stereocenters. The Morgan fingerprint density at radius 2 is 1.83 bits per heavy atom. The lowest BCUT2D eigenvalue weighted by atomic mass is 10.1. The van der Waals surface area contributed by atoms with Gasteiger partial charge < -0.3 is 9.63 Å². The molecule has 0 spiro atoms. The molecule has 0 saturated carbocycles. The zero-order valence-electron chi connectivity index (χ0n) is 9.24. The maximum atomic E-state index is 12.3. The number of aromatic nitrogens is 1. The minimum Gasteiger partial charge on any atom is -0.390 e. The zero-order chi connectivity index (χ0) is 13.2. The van der Waals surface area contributed by atoms with E-state index in [0.29, 0.717) is 23.4 Å². The number of aliphatic hydroxyl groups is 1. The smallest absolute Gasteiger partial charge is 0.390 e. The van der Waals surface area contributed by atoms with Gasteiger partial charge in [0.15, 0.2) is 0 Å². The Kier molecular flexibility index (Phi) is 3.38. The van der Waals surface area contributed by atoms with E-state index in [0.717, 1.165) is 12.1 Å². The van der Waals surface area contributed by atoms with Gasteiger partial charge in [0.1, 0.15) is 11.5 Å². The molecule has 0 saturated heterocycles. The van der Waals surface area contributed by atoms with Gasteiger partial charge in [-0.15, -0.1) is 0 Å². The molecule has 18 heavy (non-hydrogen) atoms. The van der Waals surface area contributed by atoms with Gasteiger partial charge in [-0.3, -0.25) is 0 Å². The topological polar surface area (TPSA) is 46.3 Å². The molecule has 3 nitrogen and oxygen atoms in total. The van der Waals surface area contributed by atoms with Crippen molar-refractivity contribution in [2.24, 2.45) is 0 Å². The van der Waals surface area contributed by atoms with Crippen LogP contribution in [0.2, 0.25) is 0 Å². The number of hydrogen-bond donors (Lipinski definition) is 1. The van der Waals surface area contributed by atoms with Gasteiger partial charge in [0.05, 0.1) is 12.2 Å². The molecule has 1 aromatic carbocycles. The van der Waals surface area contributed by atoms with E-state index in [-0.39, 0.29) is 6.61 Å². The van der Waals surface area contributed by atoms with Gasteiger partial charge in [-0.05, 0) is 17.7 Å². The number of nitrogens with zero attached hydrogens (tertiary/aromatic N) is 1. The Bertz CT molecular complexity index is 517. The fourth-order valence-electron chi connectivity index (χ4n) is 1.53. The van der Waals surface area contributed by atoms with Gasteiger partial charge in [0.25, 0.3) is 0 Å². The highest BCUT2D eigenvalue weighted by Gasteiger charge is 2.29. The standard InChI is InChI=1S/C12H10F3NO2/c13-12(14,15)9-3-1-8(2-4-9)5-11-6-10(7-17)16-18-11/h1-4,6,17H,5,7H2. The van der Waals surface area contributed by atoms with E-state index in [2.05, 4.69) is 5.16 Å². The summed E-state index contributed by atoms with van der Waals surface area (Å²) in [6, 6.07) is 6.41. The summed E-state index contributed by atoms with van der Waals surface area (Å²) in [5, 5.41) is 12.4. The number of aliphatic hydroxyl groups excluding tert-OH is 1. The molecule has 1 heterocycles. The van der Waals surface area contributed by atoms with Crippen LogP contribution in [0.5, 0.6) is 0 Å². The molecule has 0 radical (unpaired) electrons. The molecule has 2 rings (SSSR count). The number of alkyl halides is 3. The first kappa shape index (κ1) is 12.6. The maximum Gasteiger partial charge on any atom is 0.416 e. The van der Waals surface area contributed by atoms with Gasteiger partial charge >= 0.3 is 6.18 Å². The van der Waals surface area contributed by atoms with Gasteiger partial charge in [0.2, 0.25) is 0 Å². The largest absolute Gasteiger partial charge is 0.416 e. The van der Waals surface area contributed by atoms with Gasteiger partial charge in [-0.25, -0.2) is 0 Å². The molecule has 0 aliphatic carbocycles. The second kappa shape index (κ2) is 4.81. The van der Waals surface area contributed by atoms with Crippen molar-refractivity contribution in [2.45, 2.75) is 19.2 Å². The van der Waals surface area contributed by atoms with E-state index in [4.69, 9.17) is 9.63 Å². The Balaban J connectivity index is 2.11. The Morgan fingerprint density at radius 3 is 2.33 bits per heavy atom. The van der Waals surface area contributed by atoms with Gasteiger partial charge in [0, 0.05) is 12.5 Å². The van der Waals surface area contributed by atoms with E-state index in [1.165, 1.54) is 12.1 Å². The van der Waals surface area contributed by atoms with Crippen molar-refractivity contribution in [3.63, 3.8) is 0 Å². The molecular weight excluding hydrogens is 247 g/mol. The summed E-state index contributed by atoms with van der Waals surface area (Å²) in [6.45, 7) is -0.226. The molecule has 6 heteroatoms. The first-order valence-corrected chi connectivity index (χ1v) is 5.20. The lowest BCUT2D eigenvalue weighted by Crippen LogP contribution is -2.04. The first-order chi connectivity index (χ1) is 8.49. The van der Waals surface area contributed by atoms with Crippen molar-refractivity contribution in [1.29, 1.82) is 0 Å². The summed E-state index contributed by atoms with van der Waals surface area (Å²) in [5.74, 6) is 0.499. The summed E-state index contributed by atoms with van der Waals surface area (Å²) in [5.41, 5.74) is 0.403. The van der Waals surface area contributed by atoms with E-state index in [1.807, 2.05) is 0 Å². The summed E-state index contributed by atoms with van der Waals surface area (Å²) >= 11 is 0. The lowest BCUT2D eigenvalue weighted by molar-refractivity contribution is -0.137. The van der Waals surface area contributed by atoms with Crippen molar-refractivity contribution in [2.75, 3.05) is 0 Å². The Labute approximate surface area is 101 Å². The summed E-state index contributed by atoms with van der Waals surface area (Å²) < 4.78 is 41.9. The van der Waals surface area contributed by atoms with E-state index < -0.39 is 11.7 Å². The Morgan fingerprint density at radius 1 is 1.17 bits per heavy atom. The number of rotatable bonds is 3. The second-order valence-corrected chi connectivity index (χ2v) is 3.81. The molecule has 0 aliphatic rings. The molecule has 1 aromatic heterocycles. The fourth-order valence-corrected chi connectivity index (χ4v) is 1.53. The SMILES string of the molecule is OCc1cc(Cc2ccc(C(F)(F)F)cc2)on1. The van der Waals surface area contributed by atoms with Crippen molar-refractivity contribution < 1.29 is 22.8 Å². The summed E-state index contributed by atoms with van der Waals surface area (Å²) in [7, 11) is 0. The normalized spacial score (nSPS) is 11.8. The van der Waals surface area contributed by atoms with E-state index in [9.17, 15) is 13.2 Å². The van der Waals surface area contributed by atoms with Gasteiger partial charge in [-0.1, -0.05) is 17.3 Å². The molecule has 96 valence electrons. The average Bonchev–Trinajstić information content (AvgIpc) is 2.76. The van der Waals surface area contributed by atoms with Crippen molar-refractivity contribution in [3.05, 3.63) is 52.9 Å². The van der Waals surface area contributed by atoms with Gasteiger partial charge in [-0.2, -0.15) is 13.2 Å². The Hall–Kier alpha value is -1.82. The van der Waals surface area contributed by atoms with Crippen LogP contribution < -0.4 is 0 Å². The summed E-state index contributed by atoms with van der Waals surface area (Å²) in [6.07, 6.45) is -3.99. The van der Waals surface area contributed by atoms with Crippen LogP contribution in [0.25, 0.3) is 0 Å². The molecule has 0 aliphatic heterocycles. The molecule has 1 N–H and O–H groups in total. The third-order valence-corrected chi connectivity index (χ3v) is 2.43. The molecule has 0 amide bonds. The fraction of sp³-hybridized carbons (Fsp3) is 0.250. The molecule has 0 unspecified atom stereocenters. The minimum atomic E-state index is -4.32. The van der Waals surface area contributed by atoms with Crippen LogP contribution in [0.4, 0.5) is 13.2 Å². The van der Waals surface area contributed by atoms with Crippen molar-refractivity contribution in [1.82, 2.24) is 5.16 Å². The molecule has 0 fully saturated rings. The predicted octanol–water partition coefficient (Wildman–Crippen LogP) is 2.78. The third kappa shape index (κ3) is 2.89. The highest BCUT2D eigenvalue weighted by molar-refractivity contribution is 5.27. The minimum absolute atomic E-state index is 0.226. The van der Waals surface area contributed by atoms with Crippen molar-refractivity contribution in [3.8, 4) is 0 Å². The highest BCUT2D eigenvalue weighted by atomic mass is 19.4. The molecule has 0 bridgehead atoms. The average molecular weight is 257 g/mol. The highest BCUT2D eigenvalue weighted by Crippen LogP contribution is 2.29. The van der Waals surface area contributed by atoms with Crippen LogP contribution in [0.3, 0.4) is 0 Å². The quantitative estimate of drug-likeness (QED) is 0.919. The van der Waals surface area contributed by atoms with Crippen LogP contribution in [0, 0.1) is 0 Å². The van der Waals surface area contributed by atoms with Crippen LogP contribution >= 0.6 is 0 Å². The monoisotopic (exact) mass is 257 g/mol. The predicted molar refractivity (Wildman–Crippen MR) is 56.7 cm³/mol. The van der Waals surface area contributed by atoms with E-state index >= 15 is 0 Å². The number of hydrogen-bond acceptors (Lipinski definition) is 3. The van der Waals surface area contributed by atoms with E-state index in [1.54, 1.807) is 6.07 Å². The maximum absolute atomic E-state index is 12.3. The third-order valence-electron chi connectivity index (χ3n) is 2.43. The van der Waals surface area contributed by atoms with Crippen molar-refractivity contribution >= 4 is 0 Å². The number of halogens is 3. The summed E-state index contributed by atoms with van der Waals surface area (Å²) in [4.78, 5) is 0. The number of benzene rings is 1. The van der Waals surface area contributed by atoms with Crippen LogP contribution in [0.15, 0.2) is 34.9 Å².